The Balaban J connectivity index is 1.71. The van der Waals surface area contributed by atoms with Gasteiger partial charge in [-0.05, 0) is 43.6 Å². The van der Waals surface area contributed by atoms with E-state index in [1.807, 2.05) is 0 Å². The zero-order chi connectivity index (χ0) is 23.0. The molecule has 0 atom stereocenters. The number of aryl methyl sites for hydroxylation is 2. The van der Waals surface area contributed by atoms with Crippen molar-refractivity contribution in [2.24, 2.45) is 0 Å². The highest BCUT2D eigenvalue weighted by atomic mass is 19.1. The summed E-state index contributed by atoms with van der Waals surface area (Å²) in [4.78, 5) is 22.3. The van der Waals surface area contributed by atoms with Gasteiger partial charge >= 0.3 is 5.76 Å². The number of rotatable bonds is 5. The molecule has 2 aromatic carbocycles. The first-order valence-corrected chi connectivity index (χ1v) is 8.52. The number of nitrogens with zero attached hydrogens (tertiary/aromatic N) is 2. The Kier molecular flexibility index (Phi) is 3.78. The molecule has 0 aliphatic rings. The Morgan fingerprint density at radius 2 is 2.07 bits per heavy atom. The van der Waals surface area contributed by atoms with Crippen LogP contribution in [-0.2, 0) is 0 Å². The Labute approximate surface area is 169 Å². The second-order valence-electron chi connectivity index (χ2n) is 6.24. The quantitative estimate of drug-likeness (QED) is 0.463. The zero-order valence-electron chi connectivity index (χ0n) is 18.5. The lowest BCUT2D eigenvalue weighted by atomic mass is 10.2. The van der Waals surface area contributed by atoms with E-state index in [1.165, 1.54) is 19.4 Å². The van der Waals surface area contributed by atoms with E-state index < -0.39 is 18.4 Å². The van der Waals surface area contributed by atoms with Gasteiger partial charge in [0.25, 0.3) is 0 Å². The maximum absolute atomic E-state index is 14.0. The third-order valence-corrected chi connectivity index (χ3v) is 4.17. The standard InChI is InChI=1S/C20H18FN5O3/c1-10-6-13(8-16(28-3)17(10)21)24-19-22-9-11(2)18(26-19)23-12-4-5-15-14(7-12)25-20(27)29-15/h4-9H,1-3H3,(H,25,27)(H2,22,23,24,26)/i2D3. The monoisotopic (exact) mass is 398 g/mol. The van der Waals surface area contributed by atoms with E-state index in [9.17, 15) is 9.18 Å². The van der Waals surface area contributed by atoms with Crippen molar-refractivity contribution in [3.63, 3.8) is 0 Å². The molecule has 0 aliphatic carbocycles. The molecule has 0 bridgehead atoms. The highest BCUT2D eigenvalue weighted by Gasteiger charge is 2.11. The lowest BCUT2D eigenvalue weighted by molar-refractivity contribution is 0.385. The maximum Gasteiger partial charge on any atom is 0.417 e. The summed E-state index contributed by atoms with van der Waals surface area (Å²) >= 11 is 0. The second-order valence-corrected chi connectivity index (χ2v) is 6.24. The normalized spacial score (nSPS) is 12.9. The number of aromatic nitrogens is 3. The first kappa shape index (κ1) is 15.1. The third-order valence-electron chi connectivity index (χ3n) is 4.17. The van der Waals surface area contributed by atoms with Crippen LogP contribution in [0.5, 0.6) is 5.75 Å². The minimum Gasteiger partial charge on any atom is -0.494 e. The summed E-state index contributed by atoms with van der Waals surface area (Å²) in [5.74, 6) is -0.900. The molecule has 0 amide bonds. The summed E-state index contributed by atoms with van der Waals surface area (Å²) in [7, 11) is 1.36. The molecular weight excluding hydrogens is 377 g/mol. The summed E-state index contributed by atoms with van der Waals surface area (Å²) in [6, 6.07) is 7.77. The predicted octanol–water partition coefficient (Wildman–Crippen LogP) is 4.16. The Morgan fingerprint density at radius 3 is 2.86 bits per heavy atom. The molecule has 2 aromatic heterocycles. The average Bonchev–Trinajstić information content (AvgIpc) is 3.09. The number of fused-ring (bicyclic) bond motifs is 1. The summed E-state index contributed by atoms with van der Waals surface area (Å²) in [6.45, 7) is -0.893. The van der Waals surface area contributed by atoms with E-state index >= 15 is 0 Å². The SMILES string of the molecule is [2H]C([2H])([2H])c1cnc(Nc2cc(C)c(F)c(OC)c2)nc1Nc1ccc2oc(=O)[nH]c2c1. The van der Waals surface area contributed by atoms with E-state index in [-0.39, 0.29) is 23.1 Å². The third kappa shape index (κ3) is 3.75. The van der Waals surface area contributed by atoms with Gasteiger partial charge in [-0.1, -0.05) is 0 Å². The van der Waals surface area contributed by atoms with E-state index in [1.54, 1.807) is 31.2 Å². The number of aromatic amines is 1. The molecule has 0 fully saturated rings. The van der Waals surface area contributed by atoms with Gasteiger partial charge < -0.3 is 19.8 Å². The van der Waals surface area contributed by atoms with Crippen molar-refractivity contribution in [2.45, 2.75) is 13.8 Å². The van der Waals surface area contributed by atoms with Gasteiger partial charge in [-0.2, -0.15) is 4.98 Å². The second kappa shape index (κ2) is 7.27. The summed E-state index contributed by atoms with van der Waals surface area (Å²) in [5, 5.41) is 5.88. The van der Waals surface area contributed by atoms with Gasteiger partial charge in [0.2, 0.25) is 5.95 Å². The minimum atomic E-state index is -2.48. The molecule has 0 aliphatic heterocycles. The van der Waals surface area contributed by atoms with E-state index in [4.69, 9.17) is 13.3 Å². The molecule has 0 saturated heterocycles. The molecule has 0 radical (unpaired) electrons. The number of methoxy groups -OCH3 is 1. The predicted molar refractivity (Wildman–Crippen MR) is 108 cm³/mol. The molecule has 4 rings (SSSR count). The number of hydrogen-bond acceptors (Lipinski definition) is 7. The van der Waals surface area contributed by atoms with Gasteiger partial charge in [-0.15, -0.1) is 0 Å². The van der Waals surface area contributed by atoms with Crippen molar-refractivity contribution >= 4 is 34.2 Å². The molecule has 8 nitrogen and oxygen atoms in total. The Morgan fingerprint density at radius 1 is 1.21 bits per heavy atom. The highest BCUT2D eigenvalue weighted by Crippen LogP contribution is 2.28. The molecule has 0 spiro atoms. The van der Waals surface area contributed by atoms with Crippen molar-refractivity contribution in [2.75, 3.05) is 17.7 Å². The van der Waals surface area contributed by atoms with Crippen LogP contribution in [0.15, 0.2) is 45.7 Å². The number of anilines is 4. The van der Waals surface area contributed by atoms with Crippen LogP contribution >= 0.6 is 0 Å². The van der Waals surface area contributed by atoms with Gasteiger partial charge in [-0.25, -0.2) is 14.2 Å². The lowest BCUT2D eigenvalue weighted by Crippen LogP contribution is -2.03. The van der Waals surface area contributed by atoms with Crippen molar-refractivity contribution in [3.05, 3.63) is 64.0 Å². The average molecular weight is 398 g/mol. The maximum atomic E-state index is 14.0. The number of hydrogen-bond donors (Lipinski definition) is 3. The van der Waals surface area contributed by atoms with E-state index in [2.05, 4.69) is 25.6 Å². The summed E-state index contributed by atoms with van der Waals surface area (Å²) in [6.07, 6.45) is 1.19. The van der Waals surface area contributed by atoms with Crippen LogP contribution in [0, 0.1) is 19.6 Å². The van der Waals surface area contributed by atoms with Crippen molar-refractivity contribution in [1.82, 2.24) is 15.0 Å². The van der Waals surface area contributed by atoms with E-state index in [0.29, 0.717) is 28.0 Å². The number of ether oxygens (including phenoxy) is 1. The molecule has 0 saturated carbocycles. The van der Waals surface area contributed by atoms with Crippen LogP contribution in [0.3, 0.4) is 0 Å². The topological polar surface area (TPSA) is 105 Å². The molecular formula is C20H18FN5O3. The Bertz CT molecular complexity index is 1370. The van der Waals surface area contributed by atoms with Gasteiger partial charge in [0.1, 0.15) is 5.82 Å². The highest BCUT2D eigenvalue weighted by molar-refractivity contribution is 5.78. The first-order chi connectivity index (χ1) is 15.1. The number of oxazole rings is 1. The lowest BCUT2D eigenvalue weighted by Gasteiger charge is -2.12. The molecule has 3 N–H and O–H groups in total. The fraction of sp³-hybridized carbons (Fsp3) is 0.150. The van der Waals surface area contributed by atoms with E-state index in [0.717, 1.165) is 0 Å². The number of H-pyrrole nitrogens is 1. The summed E-state index contributed by atoms with van der Waals surface area (Å²) < 4.78 is 47.4. The molecule has 2 heterocycles. The van der Waals surface area contributed by atoms with Crippen molar-refractivity contribution in [3.8, 4) is 5.75 Å². The summed E-state index contributed by atoms with van der Waals surface area (Å²) in [5.41, 5.74) is 2.00. The molecule has 29 heavy (non-hydrogen) atoms. The minimum absolute atomic E-state index is 0.0403. The van der Waals surface area contributed by atoms with Crippen LogP contribution in [0.1, 0.15) is 15.2 Å². The van der Waals surface area contributed by atoms with Crippen molar-refractivity contribution in [1.29, 1.82) is 0 Å². The van der Waals surface area contributed by atoms with Crippen LogP contribution in [0.25, 0.3) is 11.1 Å². The first-order valence-electron chi connectivity index (χ1n) is 10.0. The number of benzene rings is 2. The van der Waals surface area contributed by atoms with Gasteiger partial charge in [0, 0.05) is 33.3 Å². The zero-order valence-corrected chi connectivity index (χ0v) is 15.5. The van der Waals surface area contributed by atoms with Gasteiger partial charge in [0.15, 0.2) is 17.1 Å². The fourth-order valence-electron chi connectivity index (χ4n) is 2.79. The van der Waals surface area contributed by atoms with Crippen LogP contribution in [0.2, 0.25) is 0 Å². The van der Waals surface area contributed by atoms with Gasteiger partial charge in [0.05, 0.1) is 12.6 Å². The van der Waals surface area contributed by atoms with Crippen LogP contribution in [0.4, 0.5) is 27.5 Å². The van der Waals surface area contributed by atoms with Gasteiger partial charge in [-0.3, -0.25) is 4.98 Å². The van der Waals surface area contributed by atoms with Crippen LogP contribution in [-0.4, -0.2) is 22.1 Å². The van der Waals surface area contributed by atoms with Crippen LogP contribution < -0.4 is 21.1 Å². The largest absolute Gasteiger partial charge is 0.494 e. The molecule has 0 unspecified atom stereocenters. The number of halogens is 1. The smallest absolute Gasteiger partial charge is 0.417 e. The molecule has 9 heteroatoms. The van der Waals surface area contributed by atoms with Crippen molar-refractivity contribution < 1.29 is 17.7 Å². The molecule has 4 aromatic rings. The number of nitrogens with one attached hydrogen (secondary N) is 3. The fourth-order valence-corrected chi connectivity index (χ4v) is 2.79. The Hall–Kier alpha value is -3.88. The molecule has 148 valence electrons.